The fraction of sp³-hybridized carbons (Fsp3) is 0.500. The predicted octanol–water partition coefficient (Wildman–Crippen LogP) is 3.45. The van der Waals surface area contributed by atoms with E-state index in [2.05, 4.69) is 31.2 Å². The lowest BCUT2D eigenvalue weighted by molar-refractivity contribution is 0.106. The van der Waals surface area contributed by atoms with Gasteiger partial charge in [0.15, 0.2) is 0 Å². The lowest BCUT2D eigenvalue weighted by Gasteiger charge is -2.22. The van der Waals surface area contributed by atoms with E-state index in [1.54, 1.807) is 11.3 Å². The lowest BCUT2D eigenvalue weighted by Crippen LogP contribution is -2.12. The standard InChI is InChI=1S/C12H16OS/c1-9-7-8-11(14-9)12(13)10-5-3-2-4-6-10/h2-3,7-8,10,12-13H,4-6H2,1H3. The SMILES string of the molecule is Cc1ccc(C(O)C2CC=CCC2)s1. The molecule has 1 aromatic rings. The number of rotatable bonds is 2. The summed E-state index contributed by atoms with van der Waals surface area (Å²) in [6, 6.07) is 4.14. The number of thiophene rings is 1. The molecular formula is C12H16OS. The summed E-state index contributed by atoms with van der Waals surface area (Å²) in [6.07, 6.45) is 7.41. The van der Waals surface area contributed by atoms with Crippen molar-refractivity contribution in [2.24, 2.45) is 5.92 Å². The van der Waals surface area contributed by atoms with Crippen LogP contribution in [0.25, 0.3) is 0 Å². The summed E-state index contributed by atoms with van der Waals surface area (Å²) in [7, 11) is 0. The van der Waals surface area contributed by atoms with Crippen LogP contribution in [-0.4, -0.2) is 5.11 Å². The molecule has 0 saturated heterocycles. The van der Waals surface area contributed by atoms with Crippen LogP contribution in [0.4, 0.5) is 0 Å². The maximum absolute atomic E-state index is 10.1. The molecule has 76 valence electrons. The van der Waals surface area contributed by atoms with Crippen LogP contribution in [0.15, 0.2) is 24.3 Å². The Morgan fingerprint density at radius 1 is 1.43 bits per heavy atom. The Hall–Kier alpha value is -0.600. The van der Waals surface area contributed by atoms with Crippen LogP contribution in [-0.2, 0) is 0 Å². The first-order valence-electron chi connectivity index (χ1n) is 5.17. The van der Waals surface area contributed by atoms with Gasteiger partial charge in [0, 0.05) is 9.75 Å². The minimum absolute atomic E-state index is 0.251. The maximum Gasteiger partial charge on any atom is 0.0913 e. The molecule has 0 aliphatic heterocycles. The number of hydrogen-bond donors (Lipinski definition) is 1. The summed E-state index contributed by atoms with van der Waals surface area (Å²) >= 11 is 1.72. The Labute approximate surface area is 89.1 Å². The number of allylic oxidation sites excluding steroid dienone is 2. The van der Waals surface area contributed by atoms with Gasteiger partial charge in [-0.3, -0.25) is 0 Å². The van der Waals surface area contributed by atoms with Crippen molar-refractivity contribution >= 4 is 11.3 Å². The van der Waals surface area contributed by atoms with Gasteiger partial charge in [0.05, 0.1) is 6.10 Å². The molecule has 0 aromatic carbocycles. The molecule has 1 nitrogen and oxygen atoms in total. The van der Waals surface area contributed by atoms with Crippen LogP contribution in [0.2, 0.25) is 0 Å². The molecule has 2 heteroatoms. The molecule has 14 heavy (non-hydrogen) atoms. The van der Waals surface area contributed by atoms with Gasteiger partial charge in [-0.2, -0.15) is 0 Å². The summed E-state index contributed by atoms with van der Waals surface area (Å²) in [5, 5.41) is 10.1. The first-order valence-corrected chi connectivity index (χ1v) is 5.98. The van der Waals surface area contributed by atoms with Gasteiger partial charge in [-0.15, -0.1) is 11.3 Å². The van der Waals surface area contributed by atoms with Gasteiger partial charge in [-0.1, -0.05) is 12.2 Å². The van der Waals surface area contributed by atoms with E-state index < -0.39 is 0 Å². The van der Waals surface area contributed by atoms with Gasteiger partial charge >= 0.3 is 0 Å². The van der Waals surface area contributed by atoms with E-state index in [-0.39, 0.29) is 6.10 Å². The molecular weight excluding hydrogens is 192 g/mol. The molecule has 2 unspecified atom stereocenters. The lowest BCUT2D eigenvalue weighted by atomic mass is 9.89. The van der Waals surface area contributed by atoms with Crippen LogP contribution >= 0.6 is 11.3 Å². The van der Waals surface area contributed by atoms with Crippen molar-refractivity contribution in [1.82, 2.24) is 0 Å². The van der Waals surface area contributed by atoms with Crippen molar-refractivity contribution in [3.8, 4) is 0 Å². The van der Waals surface area contributed by atoms with Crippen molar-refractivity contribution in [3.63, 3.8) is 0 Å². The normalized spacial score (nSPS) is 23.7. The third-order valence-corrected chi connectivity index (χ3v) is 3.88. The van der Waals surface area contributed by atoms with E-state index in [0.717, 1.165) is 24.1 Å². The Morgan fingerprint density at radius 3 is 2.86 bits per heavy atom. The molecule has 1 aromatic heterocycles. The highest BCUT2D eigenvalue weighted by Crippen LogP contribution is 2.34. The number of hydrogen-bond acceptors (Lipinski definition) is 2. The van der Waals surface area contributed by atoms with Crippen molar-refractivity contribution in [1.29, 1.82) is 0 Å². The van der Waals surface area contributed by atoms with Crippen LogP contribution in [0.1, 0.15) is 35.1 Å². The Balaban J connectivity index is 2.07. The zero-order valence-corrected chi connectivity index (χ0v) is 9.26. The molecule has 1 aliphatic carbocycles. The summed E-state index contributed by atoms with van der Waals surface area (Å²) in [4.78, 5) is 2.41. The zero-order valence-electron chi connectivity index (χ0n) is 8.44. The van der Waals surface area contributed by atoms with E-state index >= 15 is 0 Å². The summed E-state index contributed by atoms with van der Waals surface area (Å²) in [6.45, 7) is 2.08. The zero-order chi connectivity index (χ0) is 9.97. The van der Waals surface area contributed by atoms with Gasteiger partial charge in [-0.05, 0) is 44.2 Å². The highest BCUT2D eigenvalue weighted by Gasteiger charge is 2.21. The molecule has 2 atom stereocenters. The maximum atomic E-state index is 10.1. The molecule has 0 bridgehead atoms. The molecule has 0 fully saturated rings. The van der Waals surface area contributed by atoms with Crippen molar-refractivity contribution in [2.75, 3.05) is 0 Å². The summed E-state index contributed by atoms with van der Waals surface area (Å²) in [5.41, 5.74) is 0. The second-order valence-corrected chi connectivity index (χ2v) is 5.26. The van der Waals surface area contributed by atoms with Gasteiger partial charge in [0.1, 0.15) is 0 Å². The van der Waals surface area contributed by atoms with E-state index in [1.807, 2.05) is 0 Å². The molecule has 0 spiro atoms. The van der Waals surface area contributed by atoms with Crippen LogP contribution in [0.3, 0.4) is 0 Å². The number of aryl methyl sites for hydroxylation is 1. The third-order valence-electron chi connectivity index (χ3n) is 2.81. The van der Waals surface area contributed by atoms with E-state index in [0.29, 0.717) is 5.92 Å². The fourth-order valence-electron chi connectivity index (χ4n) is 1.95. The topological polar surface area (TPSA) is 20.2 Å². The minimum atomic E-state index is -0.251. The highest BCUT2D eigenvalue weighted by atomic mass is 32.1. The Bertz CT molecular complexity index is 327. The largest absolute Gasteiger partial charge is 0.387 e. The van der Waals surface area contributed by atoms with Gasteiger partial charge in [0.25, 0.3) is 0 Å². The van der Waals surface area contributed by atoms with Gasteiger partial charge < -0.3 is 5.11 Å². The average molecular weight is 208 g/mol. The first-order chi connectivity index (χ1) is 6.77. The van der Waals surface area contributed by atoms with Crippen LogP contribution in [0.5, 0.6) is 0 Å². The van der Waals surface area contributed by atoms with Crippen LogP contribution < -0.4 is 0 Å². The highest BCUT2D eigenvalue weighted by molar-refractivity contribution is 7.12. The van der Waals surface area contributed by atoms with Crippen molar-refractivity contribution < 1.29 is 5.11 Å². The smallest absolute Gasteiger partial charge is 0.0913 e. The molecule has 1 aliphatic rings. The second-order valence-electron chi connectivity index (χ2n) is 3.94. The molecule has 0 saturated carbocycles. The van der Waals surface area contributed by atoms with E-state index in [9.17, 15) is 5.11 Å². The summed E-state index contributed by atoms with van der Waals surface area (Å²) < 4.78 is 0. The van der Waals surface area contributed by atoms with Crippen LogP contribution in [0, 0.1) is 12.8 Å². The van der Waals surface area contributed by atoms with Crippen molar-refractivity contribution in [2.45, 2.75) is 32.3 Å². The predicted molar refractivity (Wildman–Crippen MR) is 60.5 cm³/mol. The van der Waals surface area contributed by atoms with E-state index in [1.165, 1.54) is 4.88 Å². The molecule has 0 amide bonds. The van der Waals surface area contributed by atoms with Crippen molar-refractivity contribution in [3.05, 3.63) is 34.0 Å². The minimum Gasteiger partial charge on any atom is -0.387 e. The monoisotopic (exact) mass is 208 g/mol. The first kappa shape index (κ1) is 9.94. The van der Waals surface area contributed by atoms with Gasteiger partial charge in [0.2, 0.25) is 0 Å². The molecule has 1 N–H and O–H groups in total. The quantitative estimate of drug-likeness (QED) is 0.738. The van der Waals surface area contributed by atoms with E-state index in [4.69, 9.17) is 0 Å². The molecule has 2 rings (SSSR count). The average Bonchev–Trinajstić information content (AvgIpc) is 2.65. The van der Waals surface area contributed by atoms with Gasteiger partial charge in [-0.25, -0.2) is 0 Å². The molecule has 0 radical (unpaired) electrons. The fourth-order valence-corrected chi connectivity index (χ4v) is 2.91. The molecule has 1 heterocycles. The second kappa shape index (κ2) is 4.28. The Kier molecular flexibility index (Phi) is 3.04. The number of aliphatic hydroxyl groups is 1. The third kappa shape index (κ3) is 2.07. The number of aliphatic hydroxyl groups excluding tert-OH is 1. The summed E-state index contributed by atoms with van der Waals surface area (Å²) in [5.74, 6) is 0.429. The Morgan fingerprint density at radius 2 is 2.29 bits per heavy atom.